The Morgan fingerprint density at radius 2 is 1.00 bits per heavy atom. The molecule has 1 aliphatic heterocycles. The molecule has 8 aromatic rings. The molecule has 10 rings (SSSR count). The average Bonchev–Trinajstić information content (AvgIpc) is 3.41. The zero-order valence-electron chi connectivity index (χ0n) is 25.1. The number of rotatable bonds is 3. The molecule has 0 aromatic heterocycles. The summed E-state index contributed by atoms with van der Waals surface area (Å²) in [7, 11) is 0. The Hall–Kier alpha value is -5.92. The van der Waals surface area contributed by atoms with Crippen LogP contribution in [0.15, 0.2) is 170 Å². The van der Waals surface area contributed by atoms with Crippen molar-refractivity contribution in [2.75, 3.05) is 0 Å². The minimum atomic E-state index is -0.471. The van der Waals surface area contributed by atoms with Crippen LogP contribution in [0.4, 0.5) is 0 Å². The number of fused-ring (bicyclic) bond motifs is 6. The molecular weight excluding hydrogens is 556 g/mol. The fourth-order valence-electron chi connectivity index (χ4n) is 8.17. The maximum absolute atomic E-state index is 6.44. The third kappa shape index (κ3) is 3.40. The van der Waals surface area contributed by atoms with Crippen molar-refractivity contribution in [2.24, 2.45) is 0 Å². The van der Waals surface area contributed by atoms with E-state index in [9.17, 15) is 0 Å². The van der Waals surface area contributed by atoms with Crippen LogP contribution in [0.25, 0.3) is 54.9 Å². The van der Waals surface area contributed by atoms with E-state index in [-0.39, 0.29) is 0 Å². The quantitative estimate of drug-likeness (QED) is 0.201. The zero-order valence-corrected chi connectivity index (χ0v) is 25.1. The van der Waals surface area contributed by atoms with Gasteiger partial charge in [-0.1, -0.05) is 140 Å². The van der Waals surface area contributed by atoms with E-state index in [2.05, 4.69) is 164 Å². The molecule has 0 saturated carbocycles. The predicted octanol–water partition coefficient (Wildman–Crippen LogP) is 11.8. The first-order valence-electron chi connectivity index (χ1n) is 15.9. The molecule has 8 aromatic carbocycles. The van der Waals surface area contributed by atoms with E-state index in [0.29, 0.717) is 0 Å². The van der Waals surface area contributed by atoms with Gasteiger partial charge in [0.05, 0.1) is 5.41 Å². The lowest BCUT2D eigenvalue weighted by Gasteiger charge is -2.34. The van der Waals surface area contributed by atoms with Crippen LogP contribution in [0.2, 0.25) is 0 Å². The average molecular weight is 585 g/mol. The second-order valence-corrected chi connectivity index (χ2v) is 12.4. The normalized spacial score (nSPS) is 13.6. The molecule has 1 heterocycles. The highest BCUT2D eigenvalue weighted by Gasteiger charge is 2.46. The summed E-state index contributed by atoms with van der Waals surface area (Å²) in [5, 5.41) is 4.90. The lowest BCUT2D eigenvalue weighted by atomic mass is 9.67. The Morgan fingerprint density at radius 3 is 1.78 bits per heavy atom. The highest BCUT2D eigenvalue weighted by molar-refractivity contribution is 6.10. The van der Waals surface area contributed by atoms with E-state index in [4.69, 9.17) is 4.74 Å². The minimum absolute atomic E-state index is 0.471. The predicted molar refractivity (Wildman–Crippen MR) is 190 cm³/mol. The van der Waals surface area contributed by atoms with Crippen LogP contribution in [-0.2, 0) is 5.41 Å². The third-order valence-corrected chi connectivity index (χ3v) is 10.1. The van der Waals surface area contributed by atoms with Gasteiger partial charge < -0.3 is 4.74 Å². The first kappa shape index (κ1) is 25.4. The zero-order chi connectivity index (χ0) is 30.2. The molecule has 46 heavy (non-hydrogen) atoms. The highest BCUT2D eigenvalue weighted by Crippen LogP contribution is 2.58. The van der Waals surface area contributed by atoms with Crippen LogP contribution in [0.1, 0.15) is 22.3 Å². The van der Waals surface area contributed by atoms with Crippen molar-refractivity contribution < 1.29 is 4.74 Å². The van der Waals surface area contributed by atoms with Crippen molar-refractivity contribution >= 4 is 21.5 Å². The Labute approximate surface area is 268 Å². The van der Waals surface area contributed by atoms with E-state index in [1.54, 1.807) is 0 Å². The maximum Gasteiger partial charge on any atom is 0.135 e. The van der Waals surface area contributed by atoms with Gasteiger partial charge in [0.15, 0.2) is 0 Å². The summed E-state index contributed by atoms with van der Waals surface area (Å²) >= 11 is 0. The van der Waals surface area contributed by atoms with Gasteiger partial charge in [-0.3, -0.25) is 0 Å². The first-order valence-corrected chi connectivity index (χ1v) is 15.9. The van der Waals surface area contributed by atoms with Crippen LogP contribution in [-0.4, -0.2) is 0 Å². The molecule has 1 heteroatoms. The van der Waals surface area contributed by atoms with Crippen LogP contribution < -0.4 is 4.74 Å². The summed E-state index contributed by atoms with van der Waals surface area (Å²) in [5.41, 5.74) is 12.1. The van der Waals surface area contributed by atoms with Gasteiger partial charge in [-0.25, -0.2) is 0 Å². The topological polar surface area (TPSA) is 9.23 Å². The summed E-state index contributed by atoms with van der Waals surface area (Å²) < 4.78 is 6.44. The van der Waals surface area contributed by atoms with Crippen molar-refractivity contribution in [3.8, 4) is 44.9 Å². The largest absolute Gasteiger partial charge is 0.456 e. The smallest absolute Gasteiger partial charge is 0.135 e. The molecule has 1 nitrogen and oxygen atoms in total. The summed E-state index contributed by atoms with van der Waals surface area (Å²) in [6, 6.07) is 62.2. The Morgan fingerprint density at radius 1 is 0.370 bits per heavy atom. The lowest BCUT2D eigenvalue weighted by molar-refractivity contribution is 0.487. The lowest BCUT2D eigenvalue weighted by Crippen LogP contribution is -2.28. The van der Waals surface area contributed by atoms with Crippen molar-refractivity contribution in [1.82, 2.24) is 0 Å². The fourth-order valence-corrected chi connectivity index (χ4v) is 8.17. The summed E-state index contributed by atoms with van der Waals surface area (Å²) in [4.78, 5) is 0. The first-order chi connectivity index (χ1) is 22.8. The molecule has 0 radical (unpaired) electrons. The van der Waals surface area contributed by atoms with Crippen molar-refractivity contribution in [2.45, 2.75) is 5.41 Å². The molecule has 0 amide bonds. The molecule has 0 unspecified atom stereocenters. The van der Waals surface area contributed by atoms with Crippen LogP contribution in [0, 0.1) is 0 Å². The molecule has 0 atom stereocenters. The van der Waals surface area contributed by atoms with Gasteiger partial charge in [-0.15, -0.1) is 0 Å². The molecule has 0 N–H and O–H groups in total. The third-order valence-electron chi connectivity index (χ3n) is 10.1. The molecule has 0 fully saturated rings. The molecular formula is C45H28O. The number of hydrogen-bond donors (Lipinski definition) is 0. The second-order valence-electron chi connectivity index (χ2n) is 12.4. The summed E-state index contributed by atoms with van der Waals surface area (Å²) in [5.74, 6) is 1.82. The van der Waals surface area contributed by atoms with Crippen molar-refractivity contribution in [3.63, 3.8) is 0 Å². The molecule has 1 aliphatic carbocycles. The van der Waals surface area contributed by atoms with Gasteiger partial charge in [0.25, 0.3) is 0 Å². The number of para-hydroxylation sites is 1. The van der Waals surface area contributed by atoms with E-state index < -0.39 is 5.41 Å². The fraction of sp³-hybridized carbons (Fsp3) is 0.0222. The molecule has 214 valence electrons. The van der Waals surface area contributed by atoms with E-state index in [1.807, 2.05) is 6.07 Å². The number of hydrogen-bond acceptors (Lipinski definition) is 1. The van der Waals surface area contributed by atoms with Crippen LogP contribution in [0.5, 0.6) is 11.5 Å². The van der Waals surface area contributed by atoms with E-state index >= 15 is 0 Å². The van der Waals surface area contributed by atoms with Crippen LogP contribution in [0.3, 0.4) is 0 Å². The molecule has 2 aliphatic rings. The van der Waals surface area contributed by atoms with Gasteiger partial charge in [-0.2, -0.15) is 0 Å². The van der Waals surface area contributed by atoms with Gasteiger partial charge in [-0.05, 0) is 96.6 Å². The van der Waals surface area contributed by atoms with Crippen molar-refractivity contribution in [3.05, 3.63) is 192 Å². The standard InChI is InChI=1S/C45H28O/c1-3-14-32(15-4-1)45(33-16-5-2-6-17-33)40-28-31(22-23-35(40)39-26-29-12-7-8-13-30(29)27-41(39)45)34-24-25-43-44-37(34)19-11-20-38(44)36-18-9-10-21-42(36)46-43/h1-28H. The van der Waals surface area contributed by atoms with Crippen LogP contribution >= 0.6 is 0 Å². The van der Waals surface area contributed by atoms with E-state index in [1.165, 1.54) is 71.6 Å². The van der Waals surface area contributed by atoms with E-state index in [0.717, 1.165) is 17.1 Å². The van der Waals surface area contributed by atoms with Gasteiger partial charge >= 0.3 is 0 Å². The van der Waals surface area contributed by atoms with Crippen molar-refractivity contribution in [1.29, 1.82) is 0 Å². The maximum atomic E-state index is 6.44. The molecule has 0 saturated heterocycles. The number of benzene rings is 8. The molecule has 0 spiro atoms. The van der Waals surface area contributed by atoms with Gasteiger partial charge in [0, 0.05) is 10.9 Å². The van der Waals surface area contributed by atoms with Gasteiger partial charge in [0.1, 0.15) is 11.5 Å². The highest BCUT2D eigenvalue weighted by atomic mass is 16.5. The number of ether oxygens (including phenoxy) is 1. The summed E-state index contributed by atoms with van der Waals surface area (Å²) in [6.07, 6.45) is 0. The monoisotopic (exact) mass is 584 g/mol. The Kier molecular flexibility index (Phi) is 5.27. The summed E-state index contributed by atoms with van der Waals surface area (Å²) in [6.45, 7) is 0. The minimum Gasteiger partial charge on any atom is -0.456 e. The SMILES string of the molecule is c1ccc(C2(c3ccccc3)c3cc(-c4ccc5c6c(cccc46)-c4ccccc4O5)ccc3-c3cc4ccccc4cc32)cc1. The second kappa shape index (κ2) is 9.54. The Balaban J connectivity index is 1.29. The molecule has 0 bridgehead atoms. The van der Waals surface area contributed by atoms with Gasteiger partial charge in [0.2, 0.25) is 0 Å². The Bertz CT molecular complexity index is 2450.